The van der Waals surface area contributed by atoms with Gasteiger partial charge in [0.2, 0.25) is 0 Å². The molecule has 0 fully saturated rings. The Balaban J connectivity index is 1.81. The molecular weight excluding hydrogens is 294 g/mol. The Morgan fingerprint density at radius 2 is 2.19 bits per heavy atom. The molecule has 1 aromatic carbocycles. The number of aromatic hydroxyl groups is 1. The lowest BCUT2D eigenvalue weighted by molar-refractivity contribution is 0.102. The van der Waals surface area contributed by atoms with E-state index in [2.05, 4.69) is 15.5 Å². The van der Waals surface area contributed by atoms with Gasteiger partial charge in [0.05, 0.1) is 12.0 Å². The molecule has 0 atom stereocenters. The molecule has 3 N–H and O–H groups in total. The summed E-state index contributed by atoms with van der Waals surface area (Å²) < 4.78 is 5.21. The second kappa shape index (κ2) is 5.34. The van der Waals surface area contributed by atoms with Crippen LogP contribution in [0, 0.1) is 0 Å². The highest BCUT2D eigenvalue weighted by molar-refractivity contribution is 6.31. The molecular formula is C14H10ClN3O3. The van der Waals surface area contributed by atoms with Crippen LogP contribution in [0.15, 0.2) is 47.1 Å². The fraction of sp³-hybridized carbons (Fsp3) is 0. The van der Waals surface area contributed by atoms with Crippen LogP contribution in [0.5, 0.6) is 5.75 Å². The number of nitrogens with one attached hydrogen (secondary N) is 2. The molecule has 7 heteroatoms. The van der Waals surface area contributed by atoms with Gasteiger partial charge in [0.15, 0.2) is 11.5 Å². The molecule has 0 saturated carbocycles. The van der Waals surface area contributed by atoms with E-state index in [4.69, 9.17) is 16.0 Å². The molecule has 0 spiro atoms. The van der Waals surface area contributed by atoms with Gasteiger partial charge in [0, 0.05) is 11.1 Å². The molecule has 6 nitrogen and oxygen atoms in total. The summed E-state index contributed by atoms with van der Waals surface area (Å²) in [6.45, 7) is 0. The summed E-state index contributed by atoms with van der Waals surface area (Å²) in [5.41, 5.74) is 0.969. The monoisotopic (exact) mass is 303 g/mol. The molecule has 0 unspecified atom stereocenters. The Morgan fingerprint density at radius 1 is 1.33 bits per heavy atom. The van der Waals surface area contributed by atoms with Crippen LogP contribution in [-0.4, -0.2) is 21.2 Å². The molecule has 0 aliphatic carbocycles. The number of aromatic nitrogens is 2. The zero-order valence-electron chi connectivity index (χ0n) is 10.6. The topological polar surface area (TPSA) is 91.1 Å². The van der Waals surface area contributed by atoms with E-state index in [0.29, 0.717) is 16.5 Å². The van der Waals surface area contributed by atoms with Gasteiger partial charge in [0.1, 0.15) is 11.4 Å². The van der Waals surface area contributed by atoms with Crippen molar-refractivity contribution >= 4 is 23.2 Å². The highest BCUT2D eigenvalue weighted by Crippen LogP contribution is 2.27. The van der Waals surface area contributed by atoms with Crippen LogP contribution in [0.3, 0.4) is 0 Å². The maximum absolute atomic E-state index is 12.1. The van der Waals surface area contributed by atoms with Gasteiger partial charge < -0.3 is 14.8 Å². The fourth-order valence-corrected chi connectivity index (χ4v) is 1.96. The van der Waals surface area contributed by atoms with Crippen molar-refractivity contribution in [3.63, 3.8) is 0 Å². The highest BCUT2D eigenvalue weighted by Gasteiger charge is 2.14. The highest BCUT2D eigenvalue weighted by atomic mass is 35.5. The molecule has 0 aliphatic heterocycles. The molecule has 21 heavy (non-hydrogen) atoms. The van der Waals surface area contributed by atoms with Crippen LogP contribution in [0.2, 0.25) is 5.02 Å². The number of nitrogens with zero attached hydrogens (tertiary/aromatic N) is 1. The molecule has 2 aromatic heterocycles. The average molecular weight is 304 g/mol. The van der Waals surface area contributed by atoms with E-state index in [-0.39, 0.29) is 17.1 Å². The fourth-order valence-electron chi connectivity index (χ4n) is 1.79. The number of anilines is 1. The van der Waals surface area contributed by atoms with Crippen LogP contribution >= 0.6 is 11.6 Å². The van der Waals surface area contributed by atoms with E-state index < -0.39 is 5.91 Å². The van der Waals surface area contributed by atoms with Crippen LogP contribution in [0.1, 0.15) is 10.5 Å². The van der Waals surface area contributed by atoms with E-state index in [1.165, 1.54) is 24.5 Å². The third-order valence-corrected chi connectivity index (χ3v) is 3.04. The number of amides is 1. The second-order valence-corrected chi connectivity index (χ2v) is 4.70. The third kappa shape index (κ3) is 2.75. The quantitative estimate of drug-likeness (QED) is 0.647. The Hall–Kier alpha value is -2.73. The molecule has 3 rings (SSSR count). The Morgan fingerprint density at radius 3 is 2.95 bits per heavy atom. The third-order valence-electron chi connectivity index (χ3n) is 2.80. The van der Waals surface area contributed by atoms with E-state index in [9.17, 15) is 9.90 Å². The molecule has 106 valence electrons. The number of carbonyl (C=O) groups is 1. The Labute approximate surface area is 124 Å². The standard InChI is InChI=1S/C14H10ClN3O3/c15-8-3-4-12(19)9(6-8)16-14(20)11-7-10(17-18-11)13-2-1-5-21-13/h1-7,19H,(H,16,20)(H,17,18). The van der Waals surface area contributed by atoms with Crippen LogP contribution < -0.4 is 5.32 Å². The normalized spacial score (nSPS) is 10.5. The minimum Gasteiger partial charge on any atom is -0.506 e. The number of benzene rings is 1. The zero-order valence-corrected chi connectivity index (χ0v) is 11.4. The number of rotatable bonds is 3. The van der Waals surface area contributed by atoms with Gasteiger partial charge in [-0.1, -0.05) is 11.6 Å². The molecule has 0 bridgehead atoms. The first kappa shape index (κ1) is 13.3. The minimum absolute atomic E-state index is 0.0745. The maximum atomic E-state index is 12.1. The van der Waals surface area contributed by atoms with Gasteiger partial charge in [-0.05, 0) is 30.3 Å². The molecule has 0 saturated heterocycles. The van der Waals surface area contributed by atoms with Crippen LogP contribution in [0.25, 0.3) is 11.5 Å². The summed E-state index contributed by atoms with van der Waals surface area (Å²) in [5.74, 6) is 0.0309. The first-order valence-corrected chi connectivity index (χ1v) is 6.40. The lowest BCUT2D eigenvalue weighted by Gasteiger charge is -2.05. The molecule has 2 heterocycles. The van der Waals surface area contributed by atoms with E-state index >= 15 is 0 Å². The van der Waals surface area contributed by atoms with E-state index in [1.54, 1.807) is 18.2 Å². The zero-order chi connectivity index (χ0) is 14.8. The van der Waals surface area contributed by atoms with Gasteiger partial charge in [-0.3, -0.25) is 9.89 Å². The first-order chi connectivity index (χ1) is 10.1. The van der Waals surface area contributed by atoms with Crippen LogP contribution in [-0.2, 0) is 0 Å². The van der Waals surface area contributed by atoms with Crippen molar-refractivity contribution in [3.05, 3.63) is 53.4 Å². The van der Waals surface area contributed by atoms with Crippen molar-refractivity contribution in [1.29, 1.82) is 0 Å². The summed E-state index contributed by atoms with van der Waals surface area (Å²) >= 11 is 5.82. The lowest BCUT2D eigenvalue weighted by atomic mass is 10.2. The van der Waals surface area contributed by atoms with Gasteiger partial charge in [-0.2, -0.15) is 5.10 Å². The number of aromatic amines is 1. The van der Waals surface area contributed by atoms with Crippen molar-refractivity contribution < 1.29 is 14.3 Å². The van der Waals surface area contributed by atoms with Crippen molar-refractivity contribution in [1.82, 2.24) is 10.2 Å². The summed E-state index contributed by atoms with van der Waals surface area (Å²) in [4.78, 5) is 12.1. The average Bonchev–Trinajstić information content (AvgIpc) is 3.12. The van der Waals surface area contributed by atoms with Crippen molar-refractivity contribution in [2.45, 2.75) is 0 Å². The van der Waals surface area contributed by atoms with E-state index in [0.717, 1.165) is 0 Å². The Kier molecular flexibility index (Phi) is 3.37. The predicted octanol–water partition coefficient (Wildman–Crippen LogP) is 3.28. The number of halogens is 1. The van der Waals surface area contributed by atoms with Crippen LogP contribution in [0.4, 0.5) is 5.69 Å². The molecule has 0 radical (unpaired) electrons. The van der Waals surface area contributed by atoms with E-state index in [1.807, 2.05) is 0 Å². The number of furan rings is 1. The number of H-pyrrole nitrogens is 1. The maximum Gasteiger partial charge on any atom is 0.276 e. The van der Waals surface area contributed by atoms with Crippen molar-refractivity contribution in [2.75, 3.05) is 5.32 Å². The summed E-state index contributed by atoms with van der Waals surface area (Å²) in [6, 6.07) is 9.41. The number of phenolic OH excluding ortho intramolecular Hbond substituents is 1. The number of hydrogen-bond acceptors (Lipinski definition) is 4. The Bertz CT molecular complexity index is 781. The van der Waals surface area contributed by atoms with Gasteiger partial charge in [0.25, 0.3) is 5.91 Å². The smallest absolute Gasteiger partial charge is 0.276 e. The molecule has 3 aromatic rings. The first-order valence-electron chi connectivity index (χ1n) is 6.02. The largest absolute Gasteiger partial charge is 0.506 e. The number of carbonyl (C=O) groups excluding carboxylic acids is 1. The van der Waals surface area contributed by atoms with Gasteiger partial charge in [-0.25, -0.2) is 0 Å². The molecule has 1 amide bonds. The number of hydrogen-bond donors (Lipinski definition) is 3. The molecule has 0 aliphatic rings. The van der Waals surface area contributed by atoms with Crippen molar-refractivity contribution in [3.8, 4) is 17.2 Å². The lowest BCUT2D eigenvalue weighted by Crippen LogP contribution is -2.12. The minimum atomic E-state index is -0.471. The second-order valence-electron chi connectivity index (χ2n) is 4.26. The number of phenols is 1. The van der Waals surface area contributed by atoms with Crippen molar-refractivity contribution in [2.24, 2.45) is 0 Å². The SMILES string of the molecule is O=C(Nc1cc(Cl)ccc1O)c1cc(-c2ccco2)[nH]n1. The summed E-state index contributed by atoms with van der Waals surface area (Å²) in [6.07, 6.45) is 1.53. The summed E-state index contributed by atoms with van der Waals surface area (Å²) in [5, 5.41) is 19.2. The predicted molar refractivity (Wildman–Crippen MR) is 77.4 cm³/mol. The van der Waals surface area contributed by atoms with Gasteiger partial charge >= 0.3 is 0 Å². The van der Waals surface area contributed by atoms with Gasteiger partial charge in [-0.15, -0.1) is 0 Å². The summed E-state index contributed by atoms with van der Waals surface area (Å²) in [7, 11) is 0.